The normalized spacial score (nSPS) is 10.4. The summed E-state index contributed by atoms with van der Waals surface area (Å²) in [4.78, 5) is 15.8. The third-order valence-electron chi connectivity index (χ3n) is 2.85. The fourth-order valence-electron chi connectivity index (χ4n) is 1.77. The number of amides is 1. The number of ether oxygens (including phenoxy) is 1. The smallest absolute Gasteiger partial charge is 0.252 e. The van der Waals surface area contributed by atoms with Gasteiger partial charge in [0.05, 0.1) is 12.2 Å². The number of pyridine rings is 1. The van der Waals surface area contributed by atoms with E-state index in [1.165, 1.54) is 25.6 Å². The van der Waals surface area contributed by atoms with Gasteiger partial charge in [-0.25, -0.2) is 8.78 Å². The molecule has 1 N–H and O–H groups in total. The Morgan fingerprint density at radius 3 is 2.71 bits per heavy atom. The molecule has 21 heavy (non-hydrogen) atoms. The molecule has 0 atom stereocenters. The summed E-state index contributed by atoms with van der Waals surface area (Å²) in [5.41, 5.74) is 1.33. The van der Waals surface area contributed by atoms with E-state index in [2.05, 4.69) is 10.3 Å². The number of nitrogens with one attached hydrogen (secondary N) is 1. The summed E-state index contributed by atoms with van der Waals surface area (Å²) in [6.45, 7) is 0.784. The molecule has 0 saturated heterocycles. The van der Waals surface area contributed by atoms with Crippen molar-refractivity contribution in [2.75, 3.05) is 20.3 Å². The molecule has 0 unspecified atom stereocenters. The van der Waals surface area contributed by atoms with E-state index in [4.69, 9.17) is 4.74 Å². The first-order valence-electron chi connectivity index (χ1n) is 6.29. The maximum absolute atomic E-state index is 13.2. The second-order valence-electron chi connectivity index (χ2n) is 4.34. The van der Waals surface area contributed by atoms with Crippen LogP contribution >= 0.6 is 0 Å². The summed E-state index contributed by atoms with van der Waals surface area (Å²) in [6.07, 6.45) is 2.89. The molecule has 4 nitrogen and oxygen atoms in total. The summed E-state index contributed by atoms with van der Waals surface area (Å²) in [6, 6.07) is 5.11. The van der Waals surface area contributed by atoms with Crippen molar-refractivity contribution in [2.24, 2.45) is 0 Å². The standard InChI is InChI=1S/C15H14F2N2O2/c1-21-5-4-19-15(20)12-6-11(8-18-9-12)10-2-3-13(16)14(17)7-10/h2-3,6-9H,4-5H2,1H3,(H,19,20). The molecule has 0 bridgehead atoms. The zero-order valence-electron chi connectivity index (χ0n) is 11.4. The van der Waals surface area contributed by atoms with Crippen LogP contribution in [0.1, 0.15) is 10.4 Å². The van der Waals surface area contributed by atoms with Gasteiger partial charge in [-0.1, -0.05) is 6.07 Å². The van der Waals surface area contributed by atoms with E-state index >= 15 is 0 Å². The second-order valence-corrected chi connectivity index (χ2v) is 4.34. The molecule has 1 aromatic heterocycles. The van der Waals surface area contributed by atoms with Gasteiger partial charge in [0, 0.05) is 31.6 Å². The van der Waals surface area contributed by atoms with E-state index in [0.29, 0.717) is 29.8 Å². The lowest BCUT2D eigenvalue weighted by molar-refractivity contribution is 0.0937. The number of rotatable bonds is 5. The molecular formula is C15H14F2N2O2. The Morgan fingerprint density at radius 1 is 1.19 bits per heavy atom. The zero-order chi connectivity index (χ0) is 15.2. The Kier molecular flexibility index (Phi) is 4.94. The largest absolute Gasteiger partial charge is 0.383 e. The van der Waals surface area contributed by atoms with Crippen LogP contribution in [0.25, 0.3) is 11.1 Å². The maximum Gasteiger partial charge on any atom is 0.252 e. The molecule has 2 rings (SSSR count). The Morgan fingerprint density at radius 2 is 2.00 bits per heavy atom. The predicted octanol–water partition coefficient (Wildman–Crippen LogP) is 2.40. The van der Waals surface area contributed by atoms with Crippen molar-refractivity contribution >= 4 is 5.91 Å². The third kappa shape index (κ3) is 3.82. The molecule has 1 amide bonds. The molecule has 0 radical (unpaired) electrons. The summed E-state index contributed by atoms with van der Waals surface area (Å²) < 4.78 is 31.0. The van der Waals surface area contributed by atoms with Crippen LogP contribution in [0.3, 0.4) is 0 Å². The summed E-state index contributed by atoms with van der Waals surface area (Å²) in [5.74, 6) is -2.16. The monoisotopic (exact) mass is 292 g/mol. The highest BCUT2D eigenvalue weighted by Gasteiger charge is 2.09. The molecule has 0 fully saturated rings. The van der Waals surface area contributed by atoms with Gasteiger partial charge < -0.3 is 10.1 Å². The van der Waals surface area contributed by atoms with Crippen LogP contribution in [-0.4, -0.2) is 31.2 Å². The highest BCUT2D eigenvalue weighted by molar-refractivity contribution is 5.95. The Balaban J connectivity index is 2.20. The van der Waals surface area contributed by atoms with Gasteiger partial charge in [-0.2, -0.15) is 0 Å². The third-order valence-corrected chi connectivity index (χ3v) is 2.85. The van der Waals surface area contributed by atoms with Crippen LogP contribution in [0.15, 0.2) is 36.7 Å². The average molecular weight is 292 g/mol. The lowest BCUT2D eigenvalue weighted by atomic mass is 10.1. The molecule has 0 spiro atoms. The molecule has 0 aliphatic rings. The first-order valence-corrected chi connectivity index (χ1v) is 6.29. The van der Waals surface area contributed by atoms with Crippen molar-refractivity contribution in [3.63, 3.8) is 0 Å². The molecule has 0 saturated carbocycles. The molecule has 2 aromatic rings. The van der Waals surface area contributed by atoms with Crippen molar-refractivity contribution in [1.29, 1.82) is 0 Å². The highest BCUT2D eigenvalue weighted by Crippen LogP contribution is 2.21. The van der Waals surface area contributed by atoms with E-state index in [9.17, 15) is 13.6 Å². The van der Waals surface area contributed by atoms with E-state index in [-0.39, 0.29) is 5.91 Å². The number of halogens is 2. The number of hydrogen-bond donors (Lipinski definition) is 1. The Labute approximate surface area is 120 Å². The molecule has 1 aromatic carbocycles. The fourth-order valence-corrected chi connectivity index (χ4v) is 1.77. The van der Waals surface area contributed by atoms with Gasteiger partial charge in [0.15, 0.2) is 11.6 Å². The van der Waals surface area contributed by atoms with Crippen molar-refractivity contribution in [3.8, 4) is 11.1 Å². The van der Waals surface area contributed by atoms with Crippen LogP contribution in [0.2, 0.25) is 0 Å². The number of carbonyl (C=O) groups is 1. The highest BCUT2D eigenvalue weighted by atomic mass is 19.2. The van der Waals surface area contributed by atoms with Crippen molar-refractivity contribution in [3.05, 3.63) is 53.9 Å². The van der Waals surface area contributed by atoms with Crippen LogP contribution in [0, 0.1) is 11.6 Å². The van der Waals surface area contributed by atoms with Crippen LogP contribution in [0.5, 0.6) is 0 Å². The minimum atomic E-state index is -0.942. The Hall–Kier alpha value is -2.34. The summed E-state index contributed by atoms with van der Waals surface area (Å²) in [7, 11) is 1.54. The number of hydrogen-bond acceptors (Lipinski definition) is 3. The molecule has 0 aliphatic heterocycles. The lowest BCUT2D eigenvalue weighted by Gasteiger charge is -2.06. The molecular weight excluding hydrogens is 278 g/mol. The second kappa shape index (κ2) is 6.90. The molecule has 6 heteroatoms. The van der Waals surface area contributed by atoms with Crippen molar-refractivity contribution in [2.45, 2.75) is 0 Å². The van der Waals surface area contributed by atoms with Gasteiger partial charge in [-0.15, -0.1) is 0 Å². The summed E-state index contributed by atoms with van der Waals surface area (Å²) in [5, 5.41) is 2.66. The van der Waals surface area contributed by atoms with E-state index in [0.717, 1.165) is 12.1 Å². The van der Waals surface area contributed by atoms with Crippen molar-refractivity contribution < 1.29 is 18.3 Å². The number of nitrogens with zero attached hydrogens (tertiary/aromatic N) is 1. The van der Waals surface area contributed by atoms with Crippen LogP contribution in [-0.2, 0) is 4.74 Å². The van der Waals surface area contributed by atoms with E-state index in [1.54, 1.807) is 6.07 Å². The maximum atomic E-state index is 13.2. The van der Waals surface area contributed by atoms with Crippen molar-refractivity contribution in [1.82, 2.24) is 10.3 Å². The number of aromatic nitrogens is 1. The van der Waals surface area contributed by atoms with Gasteiger partial charge in [-0.3, -0.25) is 9.78 Å². The van der Waals surface area contributed by atoms with Gasteiger partial charge in [-0.05, 0) is 23.8 Å². The van der Waals surface area contributed by atoms with Gasteiger partial charge in [0.1, 0.15) is 0 Å². The first kappa shape index (κ1) is 15.1. The SMILES string of the molecule is COCCNC(=O)c1cncc(-c2ccc(F)c(F)c2)c1. The number of methoxy groups -OCH3 is 1. The Bertz CT molecular complexity index is 647. The predicted molar refractivity (Wildman–Crippen MR) is 73.8 cm³/mol. The van der Waals surface area contributed by atoms with Gasteiger partial charge in [0.2, 0.25) is 0 Å². The minimum Gasteiger partial charge on any atom is -0.383 e. The lowest BCUT2D eigenvalue weighted by Crippen LogP contribution is -2.27. The zero-order valence-corrected chi connectivity index (χ0v) is 11.4. The first-order chi connectivity index (χ1) is 10.1. The van der Waals surface area contributed by atoms with Crippen LogP contribution in [0.4, 0.5) is 8.78 Å². The minimum absolute atomic E-state index is 0.302. The average Bonchev–Trinajstić information content (AvgIpc) is 2.50. The number of carbonyl (C=O) groups excluding carboxylic acids is 1. The van der Waals surface area contributed by atoms with Crippen LogP contribution < -0.4 is 5.32 Å². The fraction of sp³-hybridized carbons (Fsp3) is 0.200. The molecule has 0 aliphatic carbocycles. The number of benzene rings is 1. The summed E-state index contributed by atoms with van der Waals surface area (Å²) >= 11 is 0. The topological polar surface area (TPSA) is 51.2 Å². The quantitative estimate of drug-likeness (QED) is 0.861. The van der Waals surface area contributed by atoms with E-state index < -0.39 is 11.6 Å². The molecule has 110 valence electrons. The van der Waals surface area contributed by atoms with Gasteiger partial charge in [0.25, 0.3) is 5.91 Å². The van der Waals surface area contributed by atoms with Gasteiger partial charge >= 0.3 is 0 Å². The van der Waals surface area contributed by atoms with E-state index in [1.807, 2.05) is 0 Å². The molecule has 1 heterocycles.